The Morgan fingerprint density at radius 1 is 0.345 bits per heavy atom. The van der Waals surface area contributed by atoms with Crippen molar-refractivity contribution >= 4 is 11.6 Å². The van der Waals surface area contributed by atoms with Crippen molar-refractivity contribution in [3.8, 4) is 33.4 Å². The maximum atomic E-state index is 14.5. The van der Waals surface area contributed by atoms with Crippen molar-refractivity contribution in [3.05, 3.63) is 250 Å². The Morgan fingerprint density at radius 3 is 1.09 bits per heavy atom. The average Bonchev–Trinajstić information content (AvgIpc) is 3.53. The minimum Gasteiger partial charge on any atom is -0.289 e. The molecular weight excluding hydrogens is 669 g/mol. The summed E-state index contributed by atoms with van der Waals surface area (Å²) >= 11 is 0. The Hall–Kier alpha value is -6.90. The molecule has 1 aliphatic carbocycles. The molecule has 2 heteroatoms. The van der Waals surface area contributed by atoms with Gasteiger partial charge in [-0.2, -0.15) is 0 Å². The van der Waals surface area contributed by atoms with E-state index in [1.165, 1.54) is 0 Å². The molecule has 8 aromatic carbocycles. The van der Waals surface area contributed by atoms with Gasteiger partial charge in [0.05, 0.1) is 5.41 Å². The van der Waals surface area contributed by atoms with Crippen LogP contribution in [0.25, 0.3) is 33.4 Å². The van der Waals surface area contributed by atoms with Gasteiger partial charge in [-0.1, -0.05) is 169 Å². The van der Waals surface area contributed by atoms with E-state index in [2.05, 4.69) is 98.8 Å². The maximum absolute atomic E-state index is 14.5. The van der Waals surface area contributed by atoms with Gasteiger partial charge in [0.1, 0.15) is 0 Å². The van der Waals surface area contributed by atoms with Crippen LogP contribution in [0.4, 0.5) is 0 Å². The van der Waals surface area contributed by atoms with Crippen molar-refractivity contribution in [1.82, 2.24) is 0 Å². The molecule has 0 spiro atoms. The van der Waals surface area contributed by atoms with Gasteiger partial charge >= 0.3 is 0 Å². The van der Waals surface area contributed by atoms with Crippen LogP contribution in [-0.4, -0.2) is 11.6 Å². The van der Waals surface area contributed by atoms with Crippen LogP contribution in [0.15, 0.2) is 194 Å². The lowest BCUT2D eigenvalue weighted by Gasteiger charge is -2.35. The number of rotatable bonds is 8. The smallest absolute Gasteiger partial charge is 0.193 e. The molecule has 1 aliphatic rings. The number of benzene rings is 8. The summed E-state index contributed by atoms with van der Waals surface area (Å²) in [6.45, 7) is 4.27. The number of ketones is 2. The number of hydrogen-bond acceptors (Lipinski definition) is 2. The first kappa shape index (κ1) is 33.9. The third kappa shape index (κ3) is 5.93. The molecule has 262 valence electrons. The molecule has 8 aromatic rings. The van der Waals surface area contributed by atoms with Gasteiger partial charge in [0.2, 0.25) is 0 Å². The highest BCUT2D eigenvalue weighted by atomic mass is 16.1. The molecule has 0 N–H and O–H groups in total. The monoisotopic (exact) mass is 706 g/mol. The number of carbonyl (C=O) groups is 2. The lowest BCUT2D eigenvalue weighted by atomic mass is 9.65. The van der Waals surface area contributed by atoms with E-state index in [0.717, 1.165) is 66.8 Å². The summed E-state index contributed by atoms with van der Waals surface area (Å²) in [7, 11) is 0. The zero-order valence-electron chi connectivity index (χ0n) is 30.8. The van der Waals surface area contributed by atoms with Crippen molar-refractivity contribution in [1.29, 1.82) is 0 Å². The molecule has 0 atom stereocenters. The third-order valence-corrected chi connectivity index (χ3v) is 11.0. The van der Waals surface area contributed by atoms with Gasteiger partial charge in [0.25, 0.3) is 0 Å². The molecule has 0 saturated carbocycles. The summed E-state index contributed by atoms with van der Waals surface area (Å²) in [6.07, 6.45) is 0. The van der Waals surface area contributed by atoms with Crippen LogP contribution in [0.1, 0.15) is 65.2 Å². The van der Waals surface area contributed by atoms with Crippen LogP contribution in [0.5, 0.6) is 0 Å². The van der Waals surface area contributed by atoms with E-state index in [9.17, 15) is 9.59 Å². The summed E-state index contributed by atoms with van der Waals surface area (Å²) in [5.74, 6) is -0.0839. The normalized spacial score (nSPS) is 12.5. The van der Waals surface area contributed by atoms with Crippen molar-refractivity contribution < 1.29 is 9.59 Å². The first-order valence-corrected chi connectivity index (χ1v) is 18.7. The van der Waals surface area contributed by atoms with E-state index in [0.29, 0.717) is 22.3 Å². The Labute approximate surface area is 322 Å². The second-order valence-electron chi connectivity index (χ2n) is 14.6. The Morgan fingerprint density at radius 2 is 0.709 bits per heavy atom. The molecule has 0 radical (unpaired) electrons. The van der Waals surface area contributed by atoms with Crippen molar-refractivity contribution in [2.45, 2.75) is 19.3 Å². The zero-order chi connectivity index (χ0) is 37.5. The molecule has 0 unspecified atom stereocenters. The van der Waals surface area contributed by atoms with Gasteiger partial charge in [-0.3, -0.25) is 9.59 Å². The molecule has 0 saturated heterocycles. The molecule has 0 aliphatic heterocycles. The third-order valence-electron chi connectivity index (χ3n) is 11.0. The number of carbonyl (C=O) groups excluding carboxylic acids is 2. The van der Waals surface area contributed by atoms with Crippen molar-refractivity contribution in [2.75, 3.05) is 0 Å². The number of aryl methyl sites for hydroxylation is 2. The van der Waals surface area contributed by atoms with Crippen LogP contribution in [0.2, 0.25) is 0 Å². The van der Waals surface area contributed by atoms with E-state index < -0.39 is 5.41 Å². The first-order valence-electron chi connectivity index (χ1n) is 18.7. The molecule has 2 nitrogen and oxygen atoms in total. The molecule has 0 amide bonds. The van der Waals surface area contributed by atoms with Crippen LogP contribution in [0, 0.1) is 13.8 Å². The van der Waals surface area contributed by atoms with E-state index >= 15 is 0 Å². The van der Waals surface area contributed by atoms with E-state index in [1.807, 2.05) is 109 Å². The molecule has 55 heavy (non-hydrogen) atoms. The first-order chi connectivity index (χ1) is 26.9. The summed E-state index contributed by atoms with van der Waals surface area (Å²) in [5, 5.41) is 0. The Balaban J connectivity index is 1.43. The van der Waals surface area contributed by atoms with E-state index in [-0.39, 0.29) is 11.6 Å². The second-order valence-corrected chi connectivity index (χ2v) is 14.6. The topological polar surface area (TPSA) is 34.1 Å². The number of fused-ring (bicyclic) bond motifs is 3. The van der Waals surface area contributed by atoms with Gasteiger partial charge < -0.3 is 0 Å². The molecular formula is C53H38O2. The lowest BCUT2D eigenvalue weighted by Crippen LogP contribution is -2.30. The predicted octanol–water partition coefficient (Wildman–Crippen LogP) is 12.5. The Kier molecular flexibility index (Phi) is 8.52. The summed E-state index contributed by atoms with van der Waals surface area (Å²) in [5.41, 5.74) is 14.3. The van der Waals surface area contributed by atoms with Crippen LogP contribution in [0.3, 0.4) is 0 Å². The highest BCUT2D eigenvalue weighted by molar-refractivity contribution is 6.11. The fraction of sp³-hybridized carbons (Fsp3) is 0.0566. The quantitative estimate of drug-likeness (QED) is 0.147. The molecule has 9 rings (SSSR count). The second kappa shape index (κ2) is 13.8. The van der Waals surface area contributed by atoms with Crippen LogP contribution >= 0.6 is 0 Å². The largest absolute Gasteiger partial charge is 0.289 e. The van der Waals surface area contributed by atoms with E-state index in [1.54, 1.807) is 0 Å². The fourth-order valence-electron chi connectivity index (χ4n) is 8.40. The minimum absolute atomic E-state index is 0.0420. The van der Waals surface area contributed by atoms with E-state index in [4.69, 9.17) is 0 Å². The summed E-state index contributed by atoms with van der Waals surface area (Å²) in [6, 6.07) is 65.7. The molecule has 0 bridgehead atoms. The molecule has 0 aromatic heterocycles. The summed E-state index contributed by atoms with van der Waals surface area (Å²) < 4.78 is 0. The number of hydrogen-bond donors (Lipinski definition) is 0. The fourth-order valence-corrected chi connectivity index (χ4v) is 8.40. The predicted molar refractivity (Wildman–Crippen MR) is 224 cm³/mol. The minimum atomic E-state index is -0.893. The maximum Gasteiger partial charge on any atom is 0.193 e. The van der Waals surface area contributed by atoms with Gasteiger partial charge in [-0.05, 0) is 106 Å². The van der Waals surface area contributed by atoms with Crippen LogP contribution < -0.4 is 0 Å². The van der Waals surface area contributed by atoms with Gasteiger partial charge in [0.15, 0.2) is 11.6 Å². The van der Waals surface area contributed by atoms with Gasteiger partial charge in [-0.25, -0.2) is 0 Å². The average molecular weight is 707 g/mol. The molecule has 0 heterocycles. The van der Waals surface area contributed by atoms with Crippen molar-refractivity contribution in [3.63, 3.8) is 0 Å². The zero-order valence-corrected chi connectivity index (χ0v) is 30.8. The van der Waals surface area contributed by atoms with Gasteiger partial charge in [0, 0.05) is 22.3 Å². The highest BCUT2D eigenvalue weighted by Gasteiger charge is 2.47. The lowest BCUT2D eigenvalue weighted by molar-refractivity contribution is 0.103. The highest BCUT2D eigenvalue weighted by Crippen LogP contribution is 2.57. The summed E-state index contributed by atoms with van der Waals surface area (Å²) in [4.78, 5) is 29.1. The molecule has 0 fully saturated rings. The van der Waals surface area contributed by atoms with Crippen molar-refractivity contribution in [2.24, 2.45) is 0 Å². The SMILES string of the molecule is Cc1ccc2c(c1)C(c1cc(C(=O)c3ccccc3)cc(-c3ccccc3)c1)(c1cc(C(=O)c3ccccc3)cc(-c3ccccc3)c1)c1cc(C)ccc1-2. The Bertz CT molecular complexity index is 2540. The van der Waals surface area contributed by atoms with Gasteiger partial charge in [-0.15, -0.1) is 0 Å². The van der Waals surface area contributed by atoms with Crippen LogP contribution in [-0.2, 0) is 5.41 Å². The standard InChI is InChI=1S/C53H38O2/c1-35-23-25-47-48-26-24-36(2)28-50(48)53(49(47)27-35,45-31-41(37-15-7-3-8-16-37)29-43(33-45)51(54)39-19-11-5-12-20-39)46-32-42(38-17-9-4-10-18-38)30-44(34-46)52(55)40-21-13-6-14-22-40/h3-34H,1-2H3.